The van der Waals surface area contributed by atoms with Crippen molar-refractivity contribution >= 4 is 11.7 Å². The number of hydrogen-bond donors (Lipinski definition) is 2. The van der Waals surface area contributed by atoms with Gasteiger partial charge in [-0.3, -0.25) is 0 Å². The standard InChI is InChI=1S/C25H30N4O/c26-18-19-6-12-24(13-7-19)29-16-14-23(15-17-29)28-25(30)27-22-10-8-21(9-11-22)20-4-2-1-3-5-20/h1-7,12-13,21-23H,8-11,14-17H2,(H2,27,28,30). The molecule has 2 aromatic carbocycles. The van der Waals surface area contributed by atoms with E-state index < -0.39 is 0 Å². The SMILES string of the molecule is N#Cc1ccc(N2CCC(NC(=O)NC3CCC(c4ccccc4)CC3)CC2)cc1. The molecule has 0 spiro atoms. The van der Waals surface area contributed by atoms with Gasteiger partial charge < -0.3 is 15.5 Å². The van der Waals surface area contributed by atoms with E-state index in [0.29, 0.717) is 11.5 Å². The summed E-state index contributed by atoms with van der Waals surface area (Å²) in [7, 11) is 0. The van der Waals surface area contributed by atoms with Gasteiger partial charge in [0.1, 0.15) is 0 Å². The molecule has 5 nitrogen and oxygen atoms in total. The van der Waals surface area contributed by atoms with Crippen molar-refractivity contribution in [2.45, 2.75) is 56.5 Å². The van der Waals surface area contributed by atoms with Crippen LogP contribution in [0, 0.1) is 11.3 Å². The summed E-state index contributed by atoms with van der Waals surface area (Å²) in [6, 6.07) is 21.1. The second-order valence-corrected chi connectivity index (χ2v) is 8.50. The average Bonchev–Trinajstić information content (AvgIpc) is 2.81. The Balaban J connectivity index is 1.18. The van der Waals surface area contributed by atoms with Gasteiger partial charge in [-0.25, -0.2) is 4.79 Å². The molecule has 2 fully saturated rings. The van der Waals surface area contributed by atoms with Gasteiger partial charge in [-0.1, -0.05) is 30.3 Å². The maximum absolute atomic E-state index is 12.5. The Kier molecular flexibility index (Phi) is 6.53. The van der Waals surface area contributed by atoms with E-state index in [1.54, 1.807) is 0 Å². The Morgan fingerprint density at radius 1 is 0.833 bits per heavy atom. The molecule has 0 radical (unpaired) electrons. The molecule has 2 aromatic rings. The maximum atomic E-state index is 12.5. The predicted molar refractivity (Wildman–Crippen MR) is 119 cm³/mol. The summed E-state index contributed by atoms with van der Waals surface area (Å²) in [6.07, 6.45) is 6.24. The fourth-order valence-corrected chi connectivity index (χ4v) is 4.74. The zero-order valence-corrected chi connectivity index (χ0v) is 17.4. The van der Waals surface area contributed by atoms with Crippen LogP contribution < -0.4 is 15.5 Å². The number of urea groups is 1. The van der Waals surface area contributed by atoms with Crippen molar-refractivity contribution in [3.8, 4) is 6.07 Å². The lowest BCUT2D eigenvalue weighted by atomic mass is 9.82. The van der Waals surface area contributed by atoms with Crippen LogP contribution in [-0.2, 0) is 0 Å². The molecule has 1 aliphatic carbocycles. The van der Waals surface area contributed by atoms with Crippen molar-refractivity contribution in [2.75, 3.05) is 18.0 Å². The Labute approximate surface area is 179 Å². The predicted octanol–water partition coefficient (Wildman–Crippen LogP) is 4.55. The molecule has 1 saturated heterocycles. The second kappa shape index (κ2) is 9.67. The zero-order valence-electron chi connectivity index (χ0n) is 17.4. The molecule has 0 bridgehead atoms. The third kappa shape index (κ3) is 5.13. The molecule has 2 aliphatic rings. The number of nitrogens with one attached hydrogen (secondary N) is 2. The van der Waals surface area contributed by atoms with Gasteiger partial charge in [-0.05, 0) is 74.3 Å². The van der Waals surface area contributed by atoms with Crippen molar-refractivity contribution in [2.24, 2.45) is 0 Å². The smallest absolute Gasteiger partial charge is 0.315 e. The van der Waals surface area contributed by atoms with Gasteiger partial charge in [0.2, 0.25) is 0 Å². The molecule has 1 saturated carbocycles. The van der Waals surface area contributed by atoms with Gasteiger partial charge in [-0.15, -0.1) is 0 Å². The highest BCUT2D eigenvalue weighted by atomic mass is 16.2. The Morgan fingerprint density at radius 2 is 1.43 bits per heavy atom. The molecule has 0 aromatic heterocycles. The van der Waals surface area contributed by atoms with Gasteiger partial charge in [-0.2, -0.15) is 5.26 Å². The summed E-state index contributed by atoms with van der Waals surface area (Å²) >= 11 is 0. The summed E-state index contributed by atoms with van der Waals surface area (Å²) in [5.41, 5.74) is 3.26. The molecule has 2 amide bonds. The molecule has 30 heavy (non-hydrogen) atoms. The number of rotatable bonds is 4. The number of benzene rings is 2. The Morgan fingerprint density at radius 3 is 2.03 bits per heavy atom. The molecule has 5 heteroatoms. The summed E-state index contributed by atoms with van der Waals surface area (Å²) in [6.45, 7) is 1.83. The summed E-state index contributed by atoms with van der Waals surface area (Å²) in [5.74, 6) is 0.624. The first kappa shape index (κ1) is 20.3. The number of carbonyl (C=O) groups is 1. The maximum Gasteiger partial charge on any atom is 0.315 e. The third-order valence-electron chi connectivity index (χ3n) is 6.53. The van der Waals surface area contributed by atoms with Gasteiger partial charge in [0, 0.05) is 30.9 Å². The minimum atomic E-state index is -0.0185. The van der Waals surface area contributed by atoms with E-state index in [1.165, 1.54) is 5.56 Å². The van der Waals surface area contributed by atoms with Crippen LogP contribution in [-0.4, -0.2) is 31.2 Å². The van der Waals surface area contributed by atoms with Gasteiger partial charge in [0.25, 0.3) is 0 Å². The van der Waals surface area contributed by atoms with E-state index in [-0.39, 0.29) is 18.1 Å². The van der Waals surface area contributed by atoms with Crippen molar-refractivity contribution in [3.63, 3.8) is 0 Å². The first-order valence-electron chi connectivity index (χ1n) is 11.1. The minimum Gasteiger partial charge on any atom is -0.371 e. The van der Waals surface area contributed by atoms with Crippen LogP contribution >= 0.6 is 0 Å². The highest BCUT2D eigenvalue weighted by Gasteiger charge is 2.25. The van der Waals surface area contributed by atoms with Crippen LogP contribution in [0.15, 0.2) is 54.6 Å². The summed E-state index contributed by atoms with van der Waals surface area (Å²) < 4.78 is 0. The van der Waals surface area contributed by atoms with E-state index in [1.807, 2.05) is 24.3 Å². The van der Waals surface area contributed by atoms with E-state index in [4.69, 9.17) is 5.26 Å². The van der Waals surface area contributed by atoms with Gasteiger partial charge >= 0.3 is 6.03 Å². The van der Waals surface area contributed by atoms with Crippen molar-refractivity contribution < 1.29 is 4.79 Å². The largest absolute Gasteiger partial charge is 0.371 e. The van der Waals surface area contributed by atoms with Crippen LogP contribution in [0.3, 0.4) is 0 Å². The van der Waals surface area contributed by atoms with Gasteiger partial charge in [0.15, 0.2) is 0 Å². The lowest BCUT2D eigenvalue weighted by molar-refractivity contribution is 0.225. The average molecular weight is 403 g/mol. The second-order valence-electron chi connectivity index (χ2n) is 8.50. The molecule has 2 N–H and O–H groups in total. The number of anilines is 1. The molecule has 1 aliphatic heterocycles. The van der Waals surface area contributed by atoms with Crippen molar-refractivity contribution in [3.05, 3.63) is 65.7 Å². The molecule has 4 rings (SSSR count). The van der Waals surface area contributed by atoms with E-state index in [0.717, 1.165) is 57.3 Å². The van der Waals surface area contributed by atoms with E-state index in [2.05, 4.69) is 51.9 Å². The molecular formula is C25H30N4O. The quantitative estimate of drug-likeness (QED) is 0.788. The van der Waals surface area contributed by atoms with Crippen LogP contribution in [0.25, 0.3) is 0 Å². The number of amides is 2. The number of hydrogen-bond acceptors (Lipinski definition) is 3. The summed E-state index contributed by atoms with van der Waals surface area (Å²) in [4.78, 5) is 14.8. The third-order valence-corrected chi connectivity index (χ3v) is 6.53. The fourth-order valence-electron chi connectivity index (χ4n) is 4.74. The highest BCUT2D eigenvalue weighted by molar-refractivity contribution is 5.74. The Hall–Kier alpha value is -3.00. The lowest BCUT2D eigenvalue weighted by Gasteiger charge is -2.35. The number of nitriles is 1. The normalized spacial score (nSPS) is 22.2. The Bertz CT molecular complexity index is 858. The van der Waals surface area contributed by atoms with Crippen LogP contribution in [0.2, 0.25) is 0 Å². The number of piperidine rings is 1. The van der Waals surface area contributed by atoms with Crippen LogP contribution in [0.1, 0.15) is 55.6 Å². The first-order chi connectivity index (χ1) is 14.7. The van der Waals surface area contributed by atoms with Crippen LogP contribution in [0.5, 0.6) is 0 Å². The van der Waals surface area contributed by atoms with Crippen LogP contribution in [0.4, 0.5) is 10.5 Å². The zero-order chi connectivity index (χ0) is 20.8. The van der Waals surface area contributed by atoms with Crippen molar-refractivity contribution in [1.29, 1.82) is 5.26 Å². The van der Waals surface area contributed by atoms with Gasteiger partial charge in [0.05, 0.1) is 11.6 Å². The summed E-state index contributed by atoms with van der Waals surface area (Å²) in [5, 5.41) is 15.3. The lowest BCUT2D eigenvalue weighted by Crippen LogP contribution is -2.50. The number of nitrogens with zero attached hydrogens (tertiary/aromatic N) is 2. The molecule has 156 valence electrons. The van der Waals surface area contributed by atoms with E-state index >= 15 is 0 Å². The van der Waals surface area contributed by atoms with Crippen molar-refractivity contribution in [1.82, 2.24) is 10.6 Å². The fraction of sp³-hybridized carbons (Fsp3) is 0.440. The molecule has 0 unspecified atom stereocenters. The molecule has 0 atom stereocenters. The minimum absolute atomic E-state index is 0.0185. The van der Waals surface area contributed by atoms with E-state index in [9.17, 15) is 4.79 Å². The number of carbonyl (C=O) groups excluding carboxylic acids is 1. The first-order valence-corrected chi connectivity index (χ1v) is 11.1. The molecule has 1 heterocycles. The monoisotopic (exact) mass is 402 g/mol. The topological polar surface area (TPSA) is 68.2 Å². The highest BCUT2D eigenvalue weighted by Crippen LogP contribution is 2.32. The molecular weight excluding hydrogens is 372 g/mol.